The number of urea groups is 1. The van der Waals surface area contributed by atoms with Gasteiger partial charge in [-0.15, -0.1) is 0 Å². The molecule has 23 heavy (non-hydrogen) atoms. The van der Waals surface area contributed by atoms with Crippen molar-refractivity contribution in [2.75, 3.05) is 0 Å². The van der Waals surface area contributed by atoms with E-state index >= 15 is 0 Å². The van der Waals surface area contributed by atoms with E-state index in [1.165, 1.54) is 37.6 Å². The molecule has 0 aliphatic heterocycles. The smallest absolute Gasteiger partial charge is 0.331 e. The third-order valence-corrected chi connectivity index (χ3v) is 5.65. The maximum Gasteiger partial charge on any atom is 0.335 e. The third-order valence-electron chi connectivity index (χ3n) is 5.65. The second-order valence-electron chi connectivity index (χ2n) is 7.58. The lowest BCUT2D eigenvalue weighted by atomic mass is 9.53. The van der Waals surface area contributed by atoms with Crippen molar-refractivity contribution >= 4 is 12.2 Å². The Morgan fingerprint density at radius 2 is 1.83 bits per heavy atom. The Morgan fingerprint density at radius 3 is 2.43 bits per heavy atom. The molecule has 5 rings (SSSR count). The molecule has 0 radical (unpaired) electrons. The van der Waals surface area contributed by atoms with Crippen molar-refractivity contribution in [3.8, 4) is 0 Å². The Kier molecular flexibility index (Phi) is 3.58. The van der Waals surface area contributed by atoms with E-state index in [0.717, 1.165) is 37.0 Å². The van der Waals surface area contributed by atoms with Crippen molar-refractivity contribution in [2.45, 2.75) is 44.1 Å². The van der Waals surface area contributed by atoms with E-state index in [1.54, 1.807) is 12.1 Å². The summed E-state index contributed by atoms with van der Waals surface area (Å²) in [4.78, 5) is 12.2. The molecule has 0 aromatic heterocycles. The van der Waals surface area contributed by atoms with Gasteiger partial charge in [0.15, 0.2) is 0 Å². The molecule has 4 saturated carbocycles. The van der Waals surface area contributed by atoms with Crippen molar-refractivity contribution in [2.24, 2.45) is 22.9 Å². The zero-order chi connectivity index (χ0) is 15.9. The largest absolute Gasteiger partial charge is 0.335 e. The van der Waals surface area contributed by atoms with Crippen LogP contribution >= 0.6 is 0 Å². The number of amides is 2. The highest BCUT2D eigenvalue weighted by atomic mass is 19.1. The molecule has 1 aromatic carbocycles. The normalized spacial score (nSPS) is 34.7. The first-order valence-electron chi connectivity index (χ1n) is 8.47. The molecule has 4 aliphatic rings. The van der Waals surface area contributed by atoms with Gasteiger partial charge in [-0.25, -0.2) is 14.6 Å². The minimum Gasteiger partial charge on any atom is -0.331 e. The molecule has 4 nitrogen and oxygen atoms in total. The maximum atomic E-state index is 13.1. The molecule has 4 bridgehead atoms. The Balaban J connectivity index is 1.35. The molecule has 2 N–H and O–H groups in total. The average molecular weight is 315 g/mol. The molecule has 0 saturated heterocycles. The van der Waals surface area contributed by atoms with Crippen LogP contribution in [0.25, 0.3) is 0 Å². The van der Waals surface area contributed by atoms with E-state index in [-0.39, 0.29) is 17.4 Å². The molecule has 4 fully saturated rings. The average Bonchev–Trinajstić information content (AvgIpc) is 2.45. The number of rotatable bonds is 3. The Labute approximate surface area is 135 Å². The molecule has 0 heterocycles. The van der Waals surface area contributed by atoms with Gasteiger partial charge in [0, 0.05) is 5.54 Å². The Morgan fingerprint density at radius 1 is 1.17 bits per heavy atom. The number of carbonyl (C=O) groups excluding carboxylic acids is 1. The van der Waals surface area contributed by atoms with Gasteiger partial charge in [0.2, 0.25) is 0 Å². The highest BCUT2D eigenvalue weighted by molar-refractivity contribution is 5.82. The van der Waals surface area contributed by atoms with Crippen LogP contribution in [0.15, 0.2) is 29.4 Å². The molecule has 122 valence electrons. The molecule has 0 unspecified atom stereocenters. The van der Waals surface area contributed by atoms with E-state index in [0.29, 0.717) is 5.56 Å². The van der Waals surface area contributed by atoms with Crippen LogP contribution in [0.3, 0.4) is 0 Å². The fourth-order valence-corrected chi connectivity index (χ4v) is 5.28. The van der Waals surface area contributed by atoms with Crippen LogP contribution in [-0.4, -0.2) is 17.8 Å². The van der Waals surface area contributed by atoms with E-state index in [4.69, 9.17) is 0 Å². The summed E-state index contributed by atoms with van der Waals surface area (Å²) in [5.41, 5.74) is 3.13. The minimum atomic E-state index is -0.313. The molecule has 2 amide bonds. The van der Waals surface area contributed by atoms with Crippen LogP contribution in [0.1, 0.15) is 44.1 Å². The van der Waals surface area contributed by atoms with E-state index in [1.807, 2.05) is 0 Å². The predicted molar refractivity (Wildman–Crippen MR) is 86.6 cm³/mol. The highest BCUT2D eigenvalue weighted by Gasteiger charge is 2.51. The topological polar surface area (TPSA) is 53.5 Å². The second-order valence-corrected chi connectivity index (χ2v) is 7.58. The fraction of sp³-hybridized carbons (Fsp3) is 0.556. The number of halogens is 1. The monoisotopic (exact) mass is 315 g/mol. The first-order valence-corrected chi connectivity index (χ1v) is 8.47. The number of carbonyl (C=O) groups is 1. The number of nitrogens with one attached hydrogen (secondary N) is 2. The van der Waals surface area contributed by atoms with Crippen LogP contribution in [0.4, 0.5) is 9.18 Å². The van der Waals surface area contributed by atoms with Crippen molar-refractivity contribution < 1.29 is 9.18 Å². The molecule has 1 aromatic rings. The van der Waals surface area contributed by atoms with Gasteiger partial charge in [-0.1, -0.05) is 12.1 Å². The van der Waals surface area contributed by atoms with E-state index < -0.39 is 0 Å². The molecule has 4 aliphatic carbocycles. The lowest BCUT2D eigenvalue weighted by Gasteiger charge is -2.56. The standard InChI is InChI=1S/C18H22FN3O/c19-16-3-1-2-12(7-16)11-20-22-17(23)21-18-8-13-4-14(9-18)6-15(5-13)10-18/h1-3,7,11,13-15H,4-6,8-10H2,(H2,21,22,23). The van der Waals surface area contributed by atoms with Crippen LogP contribution in [-0.2, 0) is 0 Å². The van der Waals surface area contributed by atoms with Gasteiger partial charge in [-0.05, 0) is 74.0 Å². The van der Waals surface area contributed by atoms with Gasteiger partial charge in [-0.3, -0.25) is 0 Å². The quantitative estimate of drug-likeness (QED) is 0.651. The Bertz CT molecular complexity index is 608. The van der Waals surface area contributed by atoms with Crippen molar-refractivity contribution in [3.63, 3.8) is 0 Å². The summed E-state index contributed by atoms with van der Waals surface area (Å²) < 4.78 is 13.1. The summed E-state index contributed by atoms with van der Waals surface area (Å²) in [7, 11) is 0. The number of hydrogen-bond acceptors (Lipinski definition) is 2. The zero-order valence-corrected chi connectivity index (χ0v) is 13.1. The SMILES string of the molecule is O=C(NN=Cc1cccc(F)c1)NC12CC3CC(CC(C3)C1)C2. The molecule has 0 spiro atoms. The van der Waals surface area contributed by atoms with Gasteiger partial charge in [0.05, 0.1) is 6.21 Å². The zero-order valence-electron chi connectivity index (χ0n) is 13.1. The van der Waals surface area contributed by atoms with Gasteiger partial charge in [0.1, 0.15) is 5.82 Å². The lowest BCUT2D eigenvalue weighted by molar-refractivity contribution is -0.0135. The minimum absolute atomic E-state index is 0.0206. The van der Waals surface area contributed by atoms with Gasteiger partial charge >= 0.3 is 6.03 Å². The van der Waals surface area contributed by atoms with Crippen LogP contribution in [0, 0.1) is 23.6 Å². The van der Waals surface area contributed by atoms with E-state index in [9.17, 15) is 9.18 Å². The number of hydrogen-bond donors (Lipinski definition) is 2. The summed E-state index contributed by atoms with van der Waals surface area (Å²) in [6.45, 7) is 0. The third kappa shape index (κ3) is 3.09. The number of benzene rings is 1. The van der Waals surface area contributed by atoms with E-state index in [2.05, 4.69) is 15.8 Å². The first kappa shape index (κ1) is 14.7. The lowest BCUT2D eigenvalue weighted by Crippen LogP contribution is -2.61. The summed E-state index contributed by atoms with van der Waals surface area (Å²) >= 11 is 0. The Hall–Kier alpha value is -1.91. The highest BCUT2D eigenvalue weighted by Crippen LogP contribution is 2.55. The first-order chi connectivity index (χ1) is 11.1. The van der Waals surface area contributed by atoms with Crippen LogP contribution < -0.4 is 10.7 Å². The van der Waals surface area contributed by atoms with Crippen LogP contribution in [0.5, 0.6) is 0 Å². The molecular formula is C18H22FN3O. The van der Waals surface area contributed by atoms with Gasteiger partial charge < -0.3 is 5.32 Å². The van der Waals surface area contributed by atoms with Crippen molar-refractivity contribution in [1.29, 1.82) is 0 Å². The fourth-order valence-electron chi connectivity index (χ4n) is 5.28. The number of nitrogens with zero attached hydrogens (tertiary/aromatic N) is 1. The second kappa shape index (κ2) is 5.62. The summed E-state index contributed by atoms with van der Waals surface area (Å²) in [5.74, 6) is 2.05. The van der Waals surface area contributed by atoms with Gasteiger partial charge in [0.25, 0.3) is 0 Å². The van der Waals surface area contributed by atoms with Crippen molar-refractivity contribution in [3.05, 3.63) is 35.6 Å². The van der Waals surface area contributed by atoms with Crippen molar-refractivity contribution in [1.82, 2.24) is 10.7 Å². The number of hydrazone groups is 1. The molecule has 5 heteroatoms. The maximum absolute atomic E-state index is 13.1. The summed E-state index contributed by atoms with van der Waals surface area (Å²) in [6, 6.07) is 5.86. The summed E-state index contributed by atoms with van der Waals surface area (Å²) in [6.07, 6.45) is 8.84. The van der Waals surface area contributed by atoms with Crippen LogP contribution in [0.2, 0.25) is 0 Å². The molecule has 0 atom stereocenters. The molecular weight excluding hydrogens is 293 g/mol. The predicted octanol–water partition coefficient (Wildman–Crippen LogP) is 3.43. The summed E-state index contributed by atoms with van der Waals surface area (Å²) in [5, 5.41) is 7.11. The van der Waals surface area contributed by atoms with Gasteiger partial charge in [-0.2, -0.15) is 5.10 Å².